The summed E-state index contributed by atoms with van der Waals surface area (Å²) in [5.41, 5.74) is 11.1. The molecule has 0 radical (unpaired) electrons. The number of alkyl halides is 2. The number of carbonyl (C=O) groups is 1. The maximum absolute atomic E-state index is 12.8. The fourth-order valence-corrected chi connectivity index (χ4v) is 1.14. The van der Waals surface area contributed by atoms with Gasteiger partial charge in [-0.2, -0.15) is 0 Å². The van der Waals surface area contributed by atoms with Crippen LogP contribution in [0.15, 0.2) is 18.2 Å². The van der Waals surface area contributed by atoms with Crippen LogP contribution in [0.2, 0.25) is 0 Å². The second kappa shape index (κ2) is 4.96. The predicted molar refractivity (Wildman–Crippen MR) is 59.9 cm³/mol. The zero-order valence-corrected chi connectivity index (χ0v) is 8.91. The van der Waals surface area contributed by atoms with E-state index >= 15 is 0 Å². The number of nitrogens with one attached hydrogen (secondary N) is 1. The molecule has 1 aromatic carbocycles. The maximum Gasteiger partial charge on any atom is 0.287 e. The summed E-state index contributed by atoms with van der Waals surface area (Å²) in [6.45, 7) is -2.05. The Morgan fingerprint density at radius 1 is 1.47 bits per heavy atom. The lowest BCUT2D eigenvalue weighted by atomic mass is 10.1. The van der Waals surface area contributed by atoms with Crippen molar-refractivity contribution in [3.63, 3.8) is 0 Å². The molecule has 0 atom stereocenters. The van der Waals surface area contributed by atoms with Crippen LogP contribution in [-0.2, 0) is 0 Å². The molecule has 1 aromatic rings. The monoisotopic (exact) mass is 245 g/mol. The molecule has 94 valence electrons. The van der Waals surface area contributed by atoms with Gasteiger partial charge >= 0.3 is 0 Å². The predicted octanol–water partition coefficient (Wildman–Crippen LogP) is 0.407. The molecule has 7 heteroatoms. The number of aliphatic hydroxyl groups excluding tert-OH is 1. The van der Waals surface area contributed by atoms with E-state index < -0.39 is 25.0 Å². The van der Waals surface area contributed by atoms with Crippen molar-refractivity contribution in [3.05, 3.63) is 23.8 Å². The van der Waals surface area contributed by atoms with Crippen molar-refractivity contribution >= 4 is 17.3 Å². The van der Waals surface area contributed by atoms with Crippen LogP contribution in [0.5, 0.6) is 0 Å². The first kappa shape index (κ1) is 13.2. The molecule has 0 aliphatic rings. The molecule has 0 aliphatic carbocycles. The smallest absolute Gasteiger partial charge is 0.287 e. The van der Waals surface area contributed by atoms with Gasteiger partial charge < -0.3 is 21.9 Å². The van der Waals surface area contributed by atoms with Crippen LogP contribution >= 0.6 is 0 Å². The van der Waals surface area contributed by atoms with E-state index in [1.165, 1.54) is 18.2 Å². The van der Waals surface area contributed by atoms with Crippen molar-refractivity contribution in [2.75, 3.05) is 24.2 Å². The highest BCUT2D eigenvalue weighted by molar-refractivity contribution is 5.94. The van der Waals surface area contributed by atoms with Crippen LogP contribution in [0.4, 0.5) is 20.2 Å². The molecular formula is C10H13F2N3O2. The Balaban J connectivity index is 2.83. The molecule has 0 spiro atoms. The van der Waals surface area contributed by atoms with Gasteiger partial charge in [0, 0.05) is 5.56 Å². The Bertz CT molecular complexity index is 424. The number of halogens is 2. The molecule has 0 fully saturated rings. The molecule has 0 heterocycles. The summed E-state index contributed by atoms with van der Waals surface area (Å²) in [5.74, 6) is -3.93. The van der Waals surface area contributed by atoms with Crippen LogP contribution < -0.4 is 16.8 Å². The van der Waals surface area contributed by atoms with Crippen molar-refractivity contribution < 1.29 is 18.7 Å². The molecule has 17 heavy (non-hydrogen) atoms. The van der Waals surface area contributed by atoms with Crippen molar-refractivity contribution in [1.29, 1.82) is 0 Å². The topological polar surface area (TPSA) is 101 Å². The lowest BCUT2D eigenvalue weighted by molar-refractivity contribution is -0.0372. The zero-order valence-electron chi connectivity index (χ0n) is 8.91. The lowest BCUT2D eigenvalue weighted by Gasteiger charge is -2.16. The molecule has 1 rings (SSSR count). The normalized spacial score (nSPS) is 11.2. The Kier molecular flexibility index (Phi) is 3.84. The summed E-state index contributed by atoms with van der Waals surface area (Å²) in [6.07, 6.45) is 0. The number of aliphatic hydroxyl groups is 1. The molecule has 6 N–H and O–H groups in total. The molecular weight excluding hydrogens is 232 g/mol. The van der Waals surface area contributed by atoms with E-state index in [2.05, 4.69) is 5.32 Å². The largest absolute Gasteiger partial charge is 0.397 e. The first-order valence-corrected chi connectivity index (χ1v) is 4.77. The number of primary amides is 1. The number of benzene rings is 1. The van der Waals surface area contributed by atoms with Crippen molar-refractivity contribution in [1.82, 2.24) is 0 Å². The molecule has 0 aliphatic heterocycles. The van der Waals surface area contributed by atoms with Gasteiger partial charge in [-0.3, -0.25) is 4.79 Å². The van der Waals surface area contributed by atoms with Gasteiger partial charge in [0.1, 0.15) is 6.61 Å². The highest BCUT2D eigenvalue weighted by atomic mass is 19.3. The molecule has 0 bridgehead atoms. The van der Waals surface area contributed by atoms with Gasteiger partial charge in [-0.05, 0) is 18.2 Å². The fourth-order valence-electron chi connectivity index (χ4n) is 1.14. The number of hydrogen-bond acceptors (Lipinski definition) is 4. The number of amides is 1. The average molecular weight is 245 g/mol. The third-order valence-corrected chi connectivity index (χ3v) is 2.11. The van der Waals surface area contributed by atoms with Gasteiger partial charge in [-0.1, -0.05) is 0 Å². The Hall–Kier alpha value is -1.89. The average Bonchev–Trinajstić information content (AvgIpc) is 2.27. The SMILES string of the molecule is NC(=O)c1ccc(N)c(NCC(F)(F)CO)c1. The quantitative estimate of drug-likeness (QED) is 0.564. The first-order chi connectivity index (χ1) is 7.85. The van der Waals surface area contributed by atoms with E-state index in [1.54, 1.807) is 0 Å². The number of rotatable bonds is 5. The number of carbonyl (C=O) groups excluding carboxylic acids is 1. The third kappa shape index (κ3) is 3.56. The van der Waals surface area contributed by atoms with E-state index in [4.69, 9.17) is 16.6 Å². The van der Waals surface area contributed by atoms with E-state index in [1.807, 2.05) is 0 Å². The number of hydrogen-bond donors (Lipinski definition) is 4. The minimum atomic E-state index is -3.25. The summed E-state index contributed by atoms with van der Waals surface area (Å²) in [7, 11) is 0. The first-order valence-electron chi connectivity index (χ1n) is 4.77. The summed E-state index contributed by atoms with van der Waals surface area (Å²) < 4.78 is 25.6. The van der Waals surface area contributed by atoms with E-state index in [9.17, 15) is 13.6 Å². The van der Waals surface area contributed by atoms with Crippen molar-refractivity contribution in [2.45, 2.75) is 5.92 Å². The third-order valence-electron chi connectivity index (χ3n) is 2.11. The van der Waals surface area contributed by atoms with Crippen LogP contribution in [-0.4, -0.2) is 30.1 Å². The standard InChI is InChI=1S/C10H13F2N3O2/c11-10(12,5-16)4-15-8-3-6(9(14)17)1-2-7(8)13/h1-3,15-16H,4-5,13H2,(H2,14,17). The van der Waals surface area contributed by atoms with Gasteiger partial charge in [0.25, 0.3) is 5.92 Å². The molecule has 0 aromatic heterocycles. The van der Waals surface area contributed by atoms with Gasteiger partial charge in [-0.15, -0.1) is 0 Å². The highest BCUT2D eigenvalue weighted by Gasteiger charge is 2.27. The minimum absolute atomic E-state index is 0.161. The maximum atomic E-state index is 12.8. The number of anilines is 2. The van der Waals surface area contributed by atoms with Gasteiger partial charge in [0.05, 0.1) is 17.9 Å². The number of nitrogen functional groups attached to an aromatic ring is 1. The summed E-state index contributed by atoms with van der Waals surface area (Å²) in [5, 5.41) is 10.7. The van der Waals surface area contributed by atoms with Gasteiger partial charge in [-0.25, -0.2) is 8.78 Å². The fraction of sp³-hybridized carbons (Fsp3) is 0.300. The Labute approximate surface area is 96.4 Å². The zero-order chi connectivity index (χ0) is 13.1. The van der Waals surface area contributed by atoms with Crippen molar-refractivity contribution in [3.8, 4) is 0 Å². The molecule has 0 saturated heterocycles. The summed E-state index contributed by atoms with van der Waals surface area (Å²) in [4.78, 5) is 10.9. The lowest BCUT2D eigenvalue weighted by Crippen LogP contribution is -2.31. The second-order valence-electron chi connectivity index (χ2n) is 3.53. The molecule has 5 nitrogen and oxygen atoms in total. The minimum Gasteiger partial charge on any atom is -0.397 e. The highest BCUT2D eigenvalue weighted by Crippen LogP contribution is 2.22. The van der Waals surface area contributed by atoms with Crippen LogP contribution in [0, 0.1) is 0 Å². The second-order valence-corrected chi connectivity index (χ2v) is 3.53. The summed E-state index contributed by atoms with van der Waals surface area (Å²) >= 11 is 0. The number of nitrogens with two attached hydrogens (primary N) is 2. The Morgan fingerprint density at radius 3 is 2.65 bits per heavy atom. The van der Waals surface area contributed by atoms with E-state index in [-0.39, 0.29) is 16.9 Å². The summed E-state index contributed by atoms with van der Waals surface area (Å²) in [6, 6.07) is 4.07. The molecule has 0 unspecified atom stereocenters. The van der Waals surface area contributed by atoms with E-state index in [0.717, 1.165) is 0 Å². The van der Waals surface area contributed by atoms with Crippen LogP contribution in [0.1, 0.15) is 10.4 Å². The Morgan fingerprint density at radius 2 is 2.12 bits per heavy atom. The van der Waals surface area contributed by atoms with Gasteiger partial charge in [0.15, 0.2) is 0 Å². The van der Waals surface area contributed by atoms with Crippen LogP contribution in [0.25, 0.3) is 0 Å². The van der Waals surface area contributed by atoms with Crippen LogP contribution in [0.3, 0.4) is 0 Å². The molecule has 1 amide bonds. The van der Waals surface area contributed by atoms with Gasteiger partial charge in [0.2, 0.25) is 5.91 Å². The van der Waals surface area contributed by atoms with Crippen molar-refractivity contribution in [2.24, 2.45) is 5.73 Å². The molecule has 0 saturated carbocycles. The van der Waals surface area contributed by atoms with E-state index in [0.29, 0.717) is 0 Å².